The van der Waals surface area contributed by atoms with Crippen LogP contribution in [-0.2, 0) is 80.5 Å². The van der Waals surface area contributed by atoms with Crippen LogP contribution >= 0.6 is 0 Å². The highest BCUT2D eigenvalue weighted by molar-refractivity contribution is 5.39. The average Bonchev–Trinajstić information content (AvgIpc) is 3.44. The van der Waals surface area contributed by atoms with Crippen LogP contribution in [0.25, 0.3) is 0 Å². The van der Waals surface area contributed by atoms with Crippen LogP contribution in [0.5, 0.6) is 23.0 Å². The van der Waals surface area contributed by atoms with E-state index in [9.17, 15) is 5.11 Å². The summed E-state index contributed by atoms with van der Waals surface area (Å²) in [5, 5.41) is 9.53. The first-order valence-electron chi connectivity index (χ1n) is 26.1. The predicted octanol–water partition coefficient (Wildman–Crippen LogP) is 5.73. The zero-order chi connectivity index (χ0) is 53.5. The number of phenolic OH excluding ortho intramolecular Hbond substituents is 1. The number of benzene rings is 2. The average molecular weight is 1080 g/mol. The second kappa shape index (κ2) is 51.4. The first kappa shape index (κ1) is 65.9. The van der Waals surface area contributed by atoms with Crippen LogP contribution in [0.4, 0.5) is 0 Å². The summed E-state index contributed by atoms with van der Waals surface area (Å²) in [6.07, 6.45) is 16.5. The molecule has 5 rings (SSSR count). The van der Waals surface area contributed by atoms with Gasteiger partial charge in [0.05, 0.1) is 171 Å². The summed E-state index contributed by atoms with van der Waals surface area (Å²) >= 11 is 0. The largest absolute Gasteiger partial charge is 0.504 e. The Morgan fingerprint density at radius 2 is 0.829 bits per heavy atom. The normalized spacial score (nSPS) is 20.2. The van der Waals surface area contributed by atoms with E-state index in [1.165, 1.54) is 0 Å². The summed E-state index contributed by atoms with van der Waals surface area (Å²) in [5.41, 5.74) is 0. The molecule has 2 aromatic carbocycles. The Balaban J connectivity index is 0.000000313. The fourth-order valence-corrected chi connectivity index (χ4v) is 6.16. The highest BCUT2D eigenvalue weighted by Gasteiger charge is 2.20. The maximum Gasteiger partial charge on any atom is 0.190 e. The molecule has 2 aromatic rings. The van der Waals surface area contributed by atoms with Crippen molar-refractivity contribution in [3.05, 3.63) is 97.5 Å². The molecule has 3 aliphatic rings. The highest BCUT2D eigenvalue weighted by atomic mass is 16.7. The van der Waals surface area contributed by atoms with Gasteiger partial charge in [0.1, 0.15) is 45.4 Å². The molecule has 2 unspecified atom stereocenters. The Hall–Kier alpha value is -4.40. The molecule has 0 saturated carbocycles. The molecule has 2 aliphatic heterocycles. The molecular weight excluding hydrogens is 997 g/mol. The van der Waals surface area contributed by atoms with E-state index in [-0.39, 0.29) is 31.5 Å². The van der Waals surface area contributed by atoms with Gasteiger partial charge >= 0.3 is 0 Å². The Bertz CT molecular complexity index is 1570. The molecular formula is C55H86O21. The Morgan fingerprint density at radius 3 is 1.28 bits per heavy atom. The van der Waals surface area contributed by atoms with Crippen molar-refractivity contribution in [1.82, 2.24) is 0 Å². The molecule has 21 heteroatoms. The Labute approximate surface area is 449 Å². The van der Waals surface area contributed by atoms with E-state index in [4.69, 9.17) is 94.7 Å². The molecule has 1 fully saturated rings. The third-order valence-corrected chi connectivity index (χ3v) is 9.84. The van der Waals surface area contributed by atoms with Crippen molar-refractivity contribution in [2.45, 2.75) is 25.0 Å². The van der Waals surface area contributed by atoms with Gasteiger partial charge < -0.3 is 99.8 Å². The van der Waals surface area contributed by atoms with Crippen LogP contribution < -0.4 is 14.2 Å². The van der Waals surface area contributed by atoms with Crippen LogP contribution in [0.15, 0.2) is 97.5 Å². The van der Waals surface area contributed by atoms with Gasteiger partial charge in [-0.15, -0.1) is 0 Å². The number of unbranched alkanes of at least 4 members (excludes halogenated alkanes) is 1. The SMILES string of the molecule is C1=CC2OCCOCCOCCOc3ccccc3OCCOCCOCCOC2C=C1.C1COCCOCCOCCOCCOCCO1.COCOCO/C=C/CC/C=C/OCCOCCOc1ccccc1O. The van der Waals surface area contributed by atoms with E-state index in [1.54, 1.807) is 43.9 Å². The number of allylic oxidation sites excluding steroid dienone is 4. The number of methoxy groups -OCH3 is 1. The van der Waals surface area contributed by atoms with E-state index in [0.717, 1.165) is 12.8 Å². The molecule has 76 heavy (non-hydrogen) atoms. The third-order valence-electron chi connectivity index (χ3n) is 9.84. The molecule has 1 N–H and O–H groups in total. The van der Waals surface area contributed by atoms with Crippen molar-refractivity contribution in [3.63, 3.8) is 0 Å². The summed E-state index contributed by atoms with van der Waals surface area (Å²) in [6.45, 7) is 14.9. The third kappa shape index (κ3) is 39.0. The minimum Gasteiger partial charge on any atom is -0.504 e. The second-order valence-corrected chi connectivity index (χ2v) is 15.7. The van der Waals surface area contributed by atoms with Crippen LogP contribution in [-0.4, -0.2) is 223 Å². The smallest absolute Gasteiger partial charge is 0.190 e. The molecule has 0 radical (unpaired) electrons. The first-order chi connectivity index (χ1) is 37.8. The Morgan fingerprint density at radius 1 is 0.434 bits per heavy atom. The van der Waals surface area contributed by atoms with Crippen molar-refractivity contribution in [1.29, 1.82) is 0 Å². The fraction of sp³-hybridized carbons (Fsp3) is 0.636. The van der Waals surface area contributed by atoms with Crippen LogP contribution in [0.3, 0.4) is 0 Å². The zero-order valence-corrected chi connectivity index (χ0v) is 44.6. The summed E-state index contributed by atoms with van der Waals surface area (Å²) < 4.78 is 108. The van der Waals surface area contributed by atoms with Crippen molar-refractivity contribution in [2.24, 2.45) is 0 Å². The van der Waals surface area contributed by atoms with Gasteiger partial charge in [0.15, 0.2) is 29.8 Å². The van der Waals surface area contributed by atoms with Gasteiger partial charge in [-0.1, -0.05) is 48.6 Å². The van der Waals surface area contributed by atoms with Crippen molar-refractivity contribution in [2.75, 3.05) is 206 Å². The molecule has 1 saturated heterocycles. The maximum absolute atomic E-state index is 9.53. The van der Waals surface area contributed by atoms with E-state index < -0.39 is 0 Å². The van der Waals surface area contributed by atoms with Gasteiger partial charge in [0, 0.05) is 7.11 Å². The number of hydrogen-bond donors (Lipinski definition) is 1. The molecule has 0 aromatic heterocycles. The molecule has 21 nitrogen and oxygen atoms in total. The molecule has 1 aliphatic carbocycles. The van der Waals surface area contributed by atoms with Crippen molar-refractivity contribution >= 4 is 0 Å². The monoisotopic (exact) mass is 1080 g/mol. The summed E-state index contributed by atoms with van der Waals surface area (Å²) in [5.74, 6) is 1.96. The lowest BCUT2D eigenvalue weighted by Gasteiger charge is -2.24. The number of aromatic hydroxyl groups is 1. The number of rotatable bonds is 16. The van der Waals surface area contributed by atoms with Gasteiger partial charge in [-0.25, -0.2) is 0 Å². The predicted molar refractivity (Wildman–Crippen MR) is 280 cm³/mol. The lowest BCUT2D eigenvalue weighted by Crippen LogP contribution is -2.32. The zero-order valence-electron chi connectivity index (χ0n) is 44.6. The minimum atomic E-state index is -0.131. The number of para-hydroxylation sites is 4. The van der Waals surface area contributed by atoms with E-state index in [0.29, 0.717) is 202 Å². The summed E-state index contributed by atoms with van der Waals surface area (Å²) in [6, 6.07) is 14.4. The van der Waals surface area contributed by atoms with E-state index >= 15 is 0 Å². The van der Waals surface area contributed by atoms with E-state index in [2.05, 4.69) is 0 Å². The fourth-order valence-electron chi connectivity index (χ4n) is 6.16. The number of hydrogen-bond acceptors (Lipinski definition) is 21. The van der Waals surface area contributed by atoms with Gasteiger partial charge in [-0.05, 0) is 49.3 Å². The maximum atomic E-state index is 9.53. The standard InChI is InChI=1S/C24H34O8.C19H28O7.C12H24O6/c1-2-6-22-21(5-1)29-17-13-25-9-10-27-15-19-31-23-7-3-4-8-24(23)32-20-16-28-12-11-26-14-18-30-22;1-21-16-25-17-24-11-7-3-2-6-10-22-12-13-23-14-15-26-19-9-5-4-8-18(19)20;1-2-14-5-6-16-9-10-18-12-11-17-8-7-15-4-3-13-1/h1-8,21-22H,9-20H2;4-11,20H,2-3,12-17H2,1H3;1-12H2/b;10-6+,11-7+;. The van der Waals surface area contributed by atoms with Gasteiger partial charge in [0.25, 0.3) is 0 Å². The second-order valence-electron chi connectivity index (χ2n) is 15.7. The van der Waals surface area contributed by atoms with Crippen molar-refractivity contribution in [3.8, 4) is 23.0 Å². The molecule has 2 heterocycles. The first-order valence-corrected chi connectivity index (χ1v) is 26.1. The number of phenols is 1. The number of ether oxygens (including phenoxy) is 20. The Kier molecular flexibility index (Phi) is 44.5. The van der Waals surface area contributed by atoms with Gasteiger partial charge in [0.2, 0.25) is 0 Å². The van der Waals surface area contributed by atoms with Crippen LogP contribution in [0, 0.1) is 0 Å². The molecule has 432 valence electrons. The topological polar surface area (TPSA) is 205 Å². The lowest BCUT2D eigenvalue weighted by molar-refractivity contribution is -0.0974. The lowest BCUT2D eigenvalue weighted by atomic mass is 10.1. The molecule has 0 bridgehead atoms. The molecule has 0 spiro atoms. The van der Waals surface area contributed by atoms with Crippen LogP contribution in [0.2, 0.25) is 0 Å². The van der Waals surface area contributed by atoms with Crippen molar-refractivity contribution < 1.29 is 99.8 Å². The molecule has 2 atom stereocenters. The minimum absolute atomic E-state index is 0.127. The highest BCUT2D eigenvalue weighted by Crippen LogP contribution is 2.26. The van der Waals surface area contributed by atoms with Gasteiger partial charge in [-0.3, -0.25) is 0 Å². The quantitative estimate of drug-likeness (QED) is 0.121. The number of fused-ring (bicyclic) bond motifs is 2. The van der Waals surface area contributed by atoms with Gasteiger partial charge in [-0.2, -0.15) is 0 Å². The summed E-state index contributed by atoms with van der Waals surface area (Å²) in [7, 11) is 1.56. The van der Waals surface area contributed by atoms with Crippen LogP contribution in [0.1, 0.15) is 12.8 Å². The molecule has 0 amide bonds. The summed E-state index contributed by atoms with van der Waals surface area (Å²) in [4.78, 5) is 0. The van der Waals surface area contributed by atoms with E-state index in [1.807, 2.05) is 60.7 Å².